The Morgan fingerprint density at radius 1 is 1.14 bits per heavy atom. The summed E-state index contributed by atoms with van der Waals surface area (Å²) in [6.45, 7) is 4.95. The number of amides is 1. The van der Waals surface area contributed by atoms with E-state index in [0.29, 0.717) is 11.6 Å². The van der Waals surface area contributed by atoms with Crippen molar-refractivity contribution in [1.82, 2.24) is 20.3 Å². The van der Waals surface area contributed by atoms with Crippen molar-refractivity contribution < 1.29 is 14.6 Å². The largest absolute Gasteiger partial charge is 0.455 e. The fourth-order valence-electron chi connectivity index (χ4n) is 3.23. The van der Waals surface area contributed by atoms with Gasteiger partial charge in [-0.3, -0.25) is 9.78 Å². The standard InChI is InChI=1S/C27H25N5O3/c1-18-14-20(9-11-24(18)35-21-7-5-12-28-16-21)32-25-22-15-19(8-10-23(22)30-17-31-25)6-4-13-29-26(33)27(2,3)34/h5,7-12,14-17,34H,13H2,1-3H3,(H,29,33)(H,30,31,32). The lowest BCUT2D eigenvalue weighted by Gasteiger charge is -2.14. The number of nitrogens with one attached hydrogen (secondary N) is 2. The Morgan fingerprint density at radius 3 is 2.74 bits per heavy atom. The number of pyridine rings is 1. The molecule has 1 amide bonds. The van der Waals surface area contributed by atoms with Crippen molar-refractivity contribution in [3.8, 4) is 23.3 Å². The molecular formula is C27H25N5O3. The molecule has 8 nitrogen and oxygen atoms in total. The summed E-state index contributed by atoms with van der Waals surface area (Å²) in [7, 11) is 0. The van der Waals surface area contributed by atoms with Crippen LogP contribution in [0.2, 0.25) is 0 Å². The van der Waals surface area contributed by atoms with E-state index in [1.54, 1.807) is 12.4 Å². The number of rotatable bonds is 6. The van der Waals surface area contributed by atoms with E-state index in [9.17, 15) is 9.90 Å². The zero-order valence-corrected chi connectivity index (χ0v) is 19.7. The Balaban J connectivity index is 1.51. The third kappa shape index (κ3) is 6.10. The molecule has 8 heteroatoms. The molecule has 0 fully saturated rings. The molecule has 2 heterocycles. The molecule has 0 atom stereocenters. The number of ether oxygens (including phenoxy) is 1. The number of hydrogen-bond acceptors (Lipinski definition) is 7. The summed E-state index contributed by atoms with van der Waals surface area (Å²) in [6, 6.07) is 15.1. The highest BCUT2D eigenvalue weighted by molar-refractivity contribution is 5.91. The van der Waals surface area contributed by atoms with Gasteiger partial charge in [0.25, 0.3) is 5.91 Å². The van der Waals surface area contributed by atoms with Crippen molar-refractivity contribution in [2.45, 2.75) is 26.4 Å². The van der Waals surface area contributed by atoms with Crippen LogP contribution in [0.5, 0.6) is 11.5 Å². The summed E-state index contributed by atoms with van der Waals surface area (Å²) in [5, 5.41) is 16.4. The second kappa shape index (κ2) is 10.2. The Bertz CT molecular complexity index is 1420. The first-order valence-electron chi connectivity index (χ1n) is 11.0. The number of hydrogen-bond donors (Lipinski definition) is 3. The third-order valence-electron chi connectivity index (χ3n) is 5.06. The monoisotopic (exact) mass is 467 g/mol. The molecule has 35 heavy (non-hydrogen) atoms. The number of nitrogens with zero attached hydrogens (tertiary/aromatic N) is 3. The summed E-state index contributed by atoms with van der Waals surface area (Å²) >= 11 is 0. The van der Waals surface area contributed by atoms with Crippen molar-refractivity contribution in [3.05, 3.63) is 78.4 Å². The van der Waals surface area contributed by atoms with Crippen molar-refractivity contribution >= 4 is 28.3 Å². The molecule has 0 unspecified atom stereocenters. The number of aliphatic hydroxyl groups is 1. The number of aryl methyl sites for hydroxylation is 1. The molecule has 0 bridgehead atoms. The minimum atomic E-state index is -1.44. The zero-order valence-electron chi connectivity index (χ0n) is 19.7. The third-order valence-corrected chi connectivity index (χ3v) is 5.06. The summed E-state index contributed by atoms with van der Waals surface area (Å²) < 4.78 is 5.91. The smallest absolute Gasteiger partial charge is 0.252 e. The Hall–Kier alpha value is -4.48. The summed E-state index contributed by atoms with van der Waals surface area (Å²) in [6.07, 6.45) is 4.88. The molecule has 2 aromatic carbocycles. The second-order valence-corrected chi connectivity index (χ2v) is 8.39. The maximum Gasteiger partial charge on any atom is 0.252 e. The fraction of sp³-hybridized carbons (Fsp3) is 0.185. The predicted octanol–water partition coefficient (Wildman–Crippen LogP) is 4.11. The fourth-order valence-corrected chi connectivity index (χ4v) is 3.23. The van der Waals surface area contributed by atoms with Gasteiger partial charge in [-0.1, -0.05) is 11.8 Å². The van der Waals surface area contributed by atoms with Crippen molar-refractivity contribution in [2.24, 2.45) is 0 Å². The highest BCUT2D eigenvalue weighted by atomic mass is 16.5. The van der Waals surface area contributed by atoms with Gasteiger partial charge in [-0.2, -0.15) is 0 Å². The van der Waals surface area contributed by atoms with Gasteiger partial charge in [0.15, 0.2) is 0 Å². The molecule has 0 saturated heterocycles. The highest BCUT2D eigenvalue weighted by Crippen LogP contribution is 2.29. The number of fused-ring (bicyclic) bond motifs is 1. The summed E-state index contributed by atoms with van der Waals surface area (Å²) in [5.41, 5.74) is 1.90. The SMILES string of the molecule is Cc1cc(Nc2ncnc3ccc(C#CCNC(=O)C(C)(C)O)cc23)ccc1Oc1cccnc1. The van der Waals surface area contributed by atoms with Crippen LogP contribution in [0, 0.1) is 18.8 Å². The lowest BCUT2D eigenvalue weighted by Crippen LogP contribution is -2.42. The van der Waals surface area contributed by atoms with Crippen LogP contribution in [0.3, 0.4) is 0 Å². The molecule has 0 saturated carbocycles. The molecule has 0 aliphatic rings. The minimum Gasteiger partial charge on any atom is -0.455 e. The number of benzene rings is 2. The normalized spacial score (nSPS) is 10.9. The van der Waals surface area contributed by atoms with Gasteiger partial charge in [0, 0.05) is 22.8 Å². The van der Waals surface area contributed by atoms with E-state index in [0.717, 1.165) is 33.5 Å². The van der Waals surface area contributed by atoms with Gasteiger partial charge >= 0.3 is 0 Å². The average Bonchev–Trinajstić information content (AvgIpc) is 2.84. The molecular weight excluding hydrogens is 442 g/mol. The van der Waals surface area contributed by atoms with E-state index in [2.05, 4.69) is 37.4 Å². The first-order valence-corrected chi connectivity index (χ1v) is 11.0. The second-order valence-electron chi connectivity index (χ2n) is 8.39. The highest BCUT2D eigenvalue weighted by Gasteiger charge is 2.22. The van der Waals surface area contributed by atoms with Crippen LogP contribution < -0.4 is 15.4 Å². The Kier molecular flexibility index (Phi) is 6.90. The molecule has 0 aliphatic heterocycles. The summed E-state index contributed by atoms with van der Waals surface area (Å²) in [4.78, 5) is 24.6. The van der Waals surface area contributed by atoms with Crippen LogP contribution in [0.15, 0.2) is 67.3 Å². The Labute approximate surface area is 203 Å². The molecule has 2 aromatic heterocycles. The van der Waals surface area contributed by atoms with Crippen LogP contribution in [-0.4, -0.2) is 38.1 Å². The van der Waals surface area contributed by atoms with E-state index in [4.69, 9.17) is 4.74 Å². The number of carbonyl (C=O) groups is 1. The molecule has 176 valence electrons. The first kappa shape index (κ1) is 23.7. The van der Waals surface area contributed by atoms with Crippen molar-refractivity contribution in [3.63, 3.8) is 0 Å². The van der Waals surface area contributed by atoms with Gasteiger partial charge < -0.3 is 20.5 Å². The average molecular weight is 468 g/mol. The zero-order chi connectivity index (χ0) is 24.8. The predicted molar refractivity (Wildman–Crippen MR) is 134 cm³/mol. The lowest BCUT2D eigenvalue weighted by atomic mass is 10.1. The molecule has 3 N–H and O–H groups in total. The quantitative estimate of drug-likeness (QED) is 0.366. The summed E-state index contributed by atoms with van der Waals surface area (Å²) in [5.74, 6) is 7.51. The molecule has 0 aliphatic carbocycles. The van der Waals surface area contributed by atoms with Crippen molar-refractivity contribution in [2.75, 3.05) is 11.9 Å². The Morgan fingerprint density at radius 2 is 2.00 bits per heavy atom. The van der Waals surface area contributed by atoms with Gasteiger partial charge in [0.05, 0.1) is 18.3 Å². The van der Waals surface area contributed by atoms with E-state index in [1.807, 2.05) is 55.5 Å². The lowest BCUT2D eigenvalue weighted by molar-refractivity contribution is -0.136. The van der Waals surface area contributed by atoms with E-state index in [1.165, 1.54) is 20.2 Å². The van der Waals surface area contributed by atoms with E-state index >= 15 is 0 Å². The van der Waals surface area contributed by atoms with Gasteiger partial charge in [0.2, 0.25) is 0 Å². The maximum atomic E-state index is 11.7. The van der Waals surface area contributed by atoms with Gasteiger partial charge in [0.1, 0.15) is 29.2 Å². The van der Waals surface area contributed by atoms with Gasteiger partial charge in [-0.05, 0) is 74.9 Å². The van der Waals surface area contributed by atoms with E-state index in [-0.39, 0.29) is 6.54 Å². The minimum absolute atomic E-state index is 0.129. The molecule has 0 radical (unpaired) electrons. The van der Waals surface area contributed by atoms with Crippen LogP contribution >= 0.6 is 0 Å². The van der Waals surface area contributed by atoms with Crippen LogP contribution in [0.4, 0.5) is 11.5 Å². The molecule has 0 spiro atoms. The van der Waals surface area contributed by atoms with Gasteiger partial charge in [-0.25, -0.2) is 9.97 Å². The van der Waals surface area contributed by atoms with E-state index < -0.39 is 11.5 Å². The maximum absolute atomic E-state index is 11.7. The van der Waals surface area contributed by atoms with Crippen LogP contribution in [-0.2, 0) is 4.79 Å². The van der Waals surface area contributed by atoms with Gasteiger partial charge in [-0.15, -0.1) is 0 Å². The first-order chi connectivity index (χ1) is 16.8. The number of anilines is 2. The molecule has 4 rings (SSSR count). The van der Waals surface area contributed by atoms with Crippen LogP contribution in [0.25, 0.3) is 10.9 Å². The molecule has 4 aromatic rings. The van der Waals surface area contributed by atoms with Crippen molar-refractivity contribution in [1.29, 1.82) is 0 Å². The topological polar surface area (TPSA) is 109 Å². The van der Waals surface area contributed by atoms with Crippen LogP contribution in [0.1, 0.15) is 25.0 Å². The number of carbonyl (C=O) groups excluding carboxylic acids is 1. The number of aromatic nitrogens is 3.